The summed E-state index contributed by atoms with van der Waals surface area (Å²) in [6, 6.07) is 13.8. The molecular weight excluding hydrogens is 384 g/mol. The van der Waals surface area contributed by atoms with E-state index in [1.807, 2.05) is 30.3 Å². The third kappa shape index (κ3) is 4.69. The molecule has 0 saturated carbocycles. The van der Waals surface area contributed by atoms with Crippen molar-refractivity contribution in [1.82, 2.24) is 9.62 Å². The maximum absolute atomic E-state index is 12.9. The van der Waals surface area contributed by atoms with Crippen LogP contribution in [0.1, 0.15) is 35.7 Å². The van der Waals surface area contributed by atoms with E-state index in [4.69, 9.17) is 11.6 Å². The summed E-state index contributed by atoms with van der Waals surface area (Å²) in [5, 5.41) is 3.02. The van der Waals surface area contributed by atoms with Crippen molar-refractivity contribution >= 4 is 27.5 Å². The fourth-order valence-corrected chi connectivity index (χ4v) is 4.79. The predicted molar refractivity (Wildman–Crippen MR) is 106 cm³/mol. The predicted octanol–water partition coefficient (Wildman–Crippen LogP) is 3.69. The lowest BCUT2D eigenvalue weighted by molar-refractivity contribution is 0.0951. The minimum atomic E-state index is -3.63. The maximum Gasteiger partial charge on any atom is 0.253 e. The lowest BCUT2D eigenvalue weighted by Gasteiger charge is -2.29. The van der Waals surface area contributed by atoms with E-state index in [9.17, 15) is 13.2 Å². The zero-order chi connectivity index (χ0) is 19.4. The van der Waals surface area contributed by atoms with Gasteiger partial charge in [-0.05, 0) is 42.5 Å². The summed E-state index contributed by atoms with van der Waals surface area (Å²) in [5.41, 5.74) is 1.12. The standard InChI is InChI=1S/C20H23ClN2O3S/c1-15-9-11-23(12-10-15)27(25,26)17-7-8-19(21)18(13-17)20(24)22-14-16-5-3-2-4-6-16/h2-8,13,15H,9-12,14H2,1H3,(H,22,24). The van der Waals surface area contributed by atoms with Crippen molar-refractivity contribution in [1.29, 1.82) is 0 Å². The first-order valence-electron chi connectivity index (χ1n) is 9.00. The lowest BCUT2D eigenvalue weighted by Crippen LogP contribution is -2.38. The Kier molecular flexibility index (Phi) is 6.19. The lowest BCUT2D eigenvalue weighted by atomic mass is 10.0. The molecule has 144 valence electrons. The summed E-state index contributed by atoms with van der Waals surface area (Å²) < 4.78 is 27.3. The van der Waals surface area contributed by atoms with Gasteiger partial charge >= 0.3 is 0 Å². The van der Waals surface area contributed by atoms with Crippen molar-refractivity contribution in [2.45, 2.75) is 31.2 Å². The van der Waals surface area contributed by atoms with Crippen LogP contribution in [0.15, 0.2) is 53.4 Å². The number of carbonyl (C=O) groups is 1. The van der Waals surface area contributed by atoms with Gasteiger partial charge in [0.1, 0.15) is 0 Å². The van der Waals surface area contributed by atoms with Gasteiger partial charge in [-0.1, -0.05) is 48.9 Å². The molecule has 0 atom stereocenters. The second-order valence-corrected chi connectivity index (χ2v) is 9.24. The Balaban J connectivity index is 1.78. The molecule has 7 heteroatoms. The second-order valence-electron chi connectivity index (χ2n) is 6.90. The second kappa shape index (κ2) is 8.42. The number of piperidine rings is 1. The molecule has 2 aromatic carbocycles. The highest BCUT2D eigenvalue weighted by Crippen LogP contribution is 2.26. The van der Waals surface area contributed by atoms with E-state index in [0.29, 0.717) is 25.6 Å². The Bertz CT molecular complexity index is 908. The van der Waals surface area contributed by atoms with Crippen LogP contribution in [0.4, 0.5) is 0 Å². The molecule has 0 radical (unpaired) electrons. The number of rotatable bonds is 5. The van der Waals surface area contributed by atoms with Crippen molar-refractivity contribution in [3.63, 3.8) is 0 Å². The normalized spacial score (nSPS) is 16.2. The van der Waals surface area contributed by atoms with Gasteiger partial charge in [-0.15, -0.1) is 0 Å². The van der Waals surface area contributed by atoms with Crippen LogP contribution < -0.4 is 5.32 Å². The van der Waals surface area contributed by atoms with Crippen LogP contribution in [0.2, 0.25) is 5.02 Å². The van der Waals surface area contributed by atoms with E-state index in [1.165, 1.54) is 22.5 Å². The first kappa shape index (κ1) is 19.9. The fourth-order valence-electron chi connectivity index (χ4n) is 3.09. The average molecular weight is 407 g/mol. The van der Waals surface area contributed by atoms with Crippen molar-refractivity contribution in [3.05, 3.63) is 64.7 Å². The summed E-state index contributed by atoms with van der Waals surface area (Å²) in [4.78, 5) is 12.6. The summed E-state index contributed by atoms with van der Waals surface area (Å²) in [5.74, 6) is 0.133. The van der Waals surface area contributed by atoms with E-state index in [0.717, 1.165) is 18.4 Å². The number of sulfonamides is 1. The molecule has 1 amide bonds. The fraction of sp³-hybridized carbons (Fsp3) is 0.350. The van der Waals surface area contributed by atoms with E-state index in [1.54, 1.807) is 0 Å². The van der Waals surface area contributed by atoms with Gasteiger partial charge < -0.3 is 5.32 Å². The van der Waals surface area contributed by atoms with Gasteiger partial charge in [-0.2, -0.15) is 4.31 Å². The Labute approximate surface area is 165 Å². The molecule has 1 saturated heterocycles. The molecule has 1 heterocycles. The summed E-state index contributed by atoms with van der Waals surface area (Å²) in [6.07, 6.45) is 1.69. The van der Waals surface area contributed by atoms with E-state index >= 15 is 0 Å². The molecule has 1 fully saturated rings. The SMILES string of the molecule is CC1CCN(S(=O)(=O)c2ccc(Cl)c(C(=O)NCc3ccccc3)c2)CC1. The average Bonchev–Trinajstić information content (AvgIpc) is 2.67. The van der Waals surface area contributed by atoms with Gasteiger partial charge in [0, 0.05) is 19.6 Å². The molecule has 27 heavy (non-hydrogen) atoms. The van der Waals surface area contributed by atoms with E-state index in [-0.39, 0.29) is 15.5 Å². The van der Waals surface area contributed by atoms with Gasteiger partial charge in [0.2, 0.25) is 10.0 Å². The number of nitrogens with zero attached hydrogens (tertiary/aromatic N) is 1. The van der Waals surface area contributed by atoms with Crippen molar-refractivity contribution < 1.29 is 13.2 Å². The number of hydrogen-bond acceptors (Lipinski definition) is 3. The highest BCUT2D eigenvalue weighted by molar-refractivity contribution is 7.89. The molecule has 1 aliphatic rings. The molecule has 0 aliphatic carbocycles. The van der Waals surface area contributed by atoms with Crippen LogP contribution in [0.25, 0.3) is 0 Å². The maximum atomic E-state index is 12.9. The smallest absolute Gasteiger partial charge is 0.253 e. The van der Waals surface area contributed by atoms with E-state index in [2.05, 4.69) is 12.2 Å². The molecule has 0 aromatic heterocycles. The quantitative estimate of drug-likeness (QED) is 0.823. The van der Waals surface area contributed by atoms with Crippen molar-refractivity contribution in [2.24, 2.45) is 5.92 Å². The van der Waals surface area contributed by atoms with Crippen LogP contribution in [0.5, 0.6) is 0 Å². The number of nitrogens with one attached hydrogen (secondary N) is 1. The monoisotopic (exact) mass is 406 g/mol. The molecule has 2 aromatic rings. The molecule has 0 unspecified atom stereocenters. The number of halogens is 1. The summed E-state index contributed by atoms with van der Waals surface area (Å²) in [7, 11) is -3.63. The number of carbonyl (C=O) groups excluding carboxylic acids is 1. The molecular formula is C20H23ClN2O3S. The molecule has 0 spiro atoms. The third-order valence-corrected chi connectivity index (χ3v) is 7.08. The first-order chi connectivity index (χ1) is 12.9. The van der Waals surface area contributed by atoms with Gasteiger partial charge in [0.05, 0.1) is 15.5 Å². The molecule has 1 N–H and O–H groups in total. The Morgan fingerprint density at radius 1 is 1.15 bits per heavy atom. The van der Waals surface area contributed by atoms with Gasteiger partial charge in [0.25, 0.3) is 5.91 Å². The largest absolute Gasteiger partial charge is 0.348 e. The highest BCUT2D eigenvalue weighted by atomic mass is 35.5. The minimum absolute atomic E-state index is 0.103. The Morgan fingerprint density at radius 3 is 2.48 bits per heavy atom. The number of benzene rings is 2. The minimum Gasteiger partial charge on any atom is -0.348 e. The zero-order valence-electron chi connectivity index (χ0n) is 15.2. The summed E-state index contributed by atoms with van der Waals surface area (Å²) >= 11 is 6.16. The van der Waals surface area contributed by atoms with Crippen LogP contribution >= 0.6 is 11.6 Å². The number of amides is 1. The third-order valence-electron chi connectivity index (χ3n) is 4.86. The number of hydrogen-bond donors (Lipinski definition) is 1. The van der Waals surface area contributed by atoms with E-state index < -0.39 is 15.9 Å². The van der Waals surface area contributed by atoms with Crippen LogP contribution in [-0.2, 0) is 16.6 Å². The molecule has 1 aliphatic heterocycles. The van der Waals surface area contributed by atoms with Crippen LogP contribution in [-0.4, -0.2) is 31.7 Å². The topological polar surface area (TPSA) is 66.5 Å². The van der Waals surface area contributed by atoms with Crippen LogP contribution in [0, 0.1) is 5.92 Å². The Hall–Kier alpha value is -1.89. The highest BCUT2D eigenvalue weighted by Gasteiger charge is 2.29. The van der Waals surface area contributed by atoms with Crippen LogP contribution in [0.3, 0.4) is 0 Å². The molecule has 5 nitrogen and oxygen atoms in total. The van der Waals surface area contributed by atoms with Crippen molar-refractivity contribution in [3.8, 4) is 0 Å². The zero-order valence-corrected chi connectivity index (χ0v) is 16.8. The Morgan fingerprint density at radius 2 is 1.81 bits per heavy atom. The van der Waals surface area contributed by atoms with Crippen molar-refractivity contribution in [2.75, 3.05) is 13.1 Å². The molecule has 0 bridgehead atoms. The molecule has 3 rings (SSSR count). The summed E-state index contributed by atoms with van der Waals surface area (Å²) in [6.45, 7) is 3.47. The van der Waals surface area contributed by atoms with Gasteiger partial charge in [-0.3, -0.25) is 4.79 Å². The first-order valence-corrected chi connectivity index (χ1v) is 10.8. The van der Waals surface area contributed by atoms with Gasteiger partial charge in [-0.25, -0.2) is 8.42 Å². The van der Waals surface area contributed by atoms with Gasteiger partial charge in [0.15, 0.2) is 0 Å².